The molecule has 0 saturated carbocycles. The van der Waals surface area contributed by atoms with Crippen LogP contribution < -0.4 is 9.64 Å². The van der Waals surface area contributed by atoms with Crippen LogP contribution in [0.25, 0.3) is 17.0 Å². The monoisotopic (exact) mass is 414 g/mol. The van der Waals surface area contributed by atoms with Crippen molar-refractivity contribution in [1.82, 2.24) is 4.57 Å². The zero-order valence-electron chi connectivity index (χ0n) is 14.6. The summed E-state index contributed by atoms with van der Waals surface area (Å²) in [4.78, 5) is 15.1. The first-order chi connectivity index (χ1) is 13.0. The smallest absolute Gasteiger partial charge is 0.270 e. The highest BCUT2D eigenvalue weighted by Crippen LogP contribution is 2.39. The van der Waals surface area contributed by atoms with Gasteiger partial charge < -0.3 is 9.30 Å². The molecule has 0 bridgehead atoms. The van der Waals surface area contributed by atoms with Crippen molar-refractivity contribution in [2.75, 3.05) is 12.0 Å². The van der Waals surface area contributed by atoms with E-state index >= 15 is 0 Å². The fraction of sp³-hybridized carbons (Fsp3) is 0.100. The second-order valence-corrected chi connectivity index (χ2v) is 8.13. The standard InChI is InChI=1S/C20H15ClN2O2S2/c1-22-11-12(14-5-3-4-6-16(14)22)9-18-19(24)23(20(26)27-18)13-7-8-17(25-2)15(21)10-13/h3-11H,1-2H3/b18-9+. The van der Waals surface area contributed by atoms with Crippen LogP contribution in [0.2, 0.25) is 5.02 Å². The molecular formula is C20H15ClN2O2S2. The average molecular weight is 415 g/mol. The molecule has 0 unspecified atom stereocenters. The molecule has 4 rings (SSSR count). The summed E-state index contributed by atoms with van der Waals surface area (Å²) >= 11 is 12.9. The van der Waals surface area contributed by atoms with Crippen molar-refractivity contribution in [3.8, 4) is 5.75 Å². The SMILES string of the molecule is COc1ccc(N2C(=O)/C(=C\c3cn(C)c4ccccc34)SC2=S)cc1Cl. The van der Waals surface area contributed by atoms with E-state index in [4.69, 9.17) is 28.6 Å². The molecule has 0 spiro atoms. The van der Waals surface area contributed by atoms with E-state index in [9.17, 15) is 4.79 Å². The molecule has 1 aromatic heterocycles. The van der Waals surface area contributed by atoms with Crippen molar-refractivity contribution in [1.29, 1.82) is 0 Å². The van der Waals surface area contributed by atoms with E-state index in [2.05, 4.69) is 6.07 Å². The summed E-state index contributed by atoms with van der Waals surface area (Å²) in [5.74, 6) is 0.399. The van der Waals surface area contributed by atoms with Crippen LogP contribution in [0.15, 0.2) is 53.6 Å². The molecule has 1 fully saturated rings. The number of para-hydroxylation sites is 1. The third-order valence-corrected chi connectivity index (χ3v) is 6.00. The number of hydrogen-bond donors (Lipinski definition) is 0. The van der Waals surface area contributed by atoms with E-state index in [1.807, 2.05) is 42.1 Å². The van der Waals surface area contributed by atoms with Crippen molar-refractivity contribution in [2.24, 2.45) is 7.05 Å². The Labute approximate surface area is 171 Å². The molecule has 1 saturated heterocycles. The fourth-order valence-corrected chi connectivity index (χ4v) is 4.66. The number of benzene rings is 2. The first-order valence-electron chi connectivity index (χ1n) is 8.15. The lowest BCUT2D eigenvalue weighted by Gasteiger charge is -2.15. The Hall–Kier alpha value is -2.28. The van der Waals surface area contributed by atoms with Crippen molar-refractivity contribution in [3.63, 3.8) is 0 Å². The van der Waals surface area contributed by atoms with Crippen LogP contribution in [0.3, 0.4) is 0 Å². The molecule has 0 radical (unpaired) electrons. The molecule has 27 heavy (non-hydrogen) atoms. The maximum Gasteiger partial charge on any atom is 0.270 e. The van der Waals surface area contributed by atoms with E-state index in [1.54, 1.807) is 25.3 Å². The van der Waals surface area contributed by atoms with Crippen LogP contribution in [-0.2, 0) is 11.8 Å². The summed E-state index contributed by atoms with van der Waals surface area (Å²) in [6.45, 7) is 0. The molecule has 0 N–H and O–H groups in total. The van der Waals surface area contributed by atoms with Gasteiger partial charge in [-0.15, -0.1) is 0 Å². The molecular weight excluding hydrogens is 400 g/mol. The number of thioether (sulfide) groups is 1. The lowest BCUT2D eigenvalue weighted by Crippen LogP contribution is -2.27. The average Bonchev–Trinajstić information content (AvgIpc) is 3.12. The Balaban J connectivity index is 1.72. The van der Waals surface area contributed by atoms with Crippen molar-refractivity contribution < 1.29 is 9.53 Å². The maximum atomic E-state index is 13.0. The molecule has 3 aromatic rings. The van der Waals surface area contributed by atoms with E-state index in [-0.39, 0.29) is 5.91 Å². The van der Waals surface area contributed by atoms with Crippen LogP contribution >= 0.6 is 35.6 Å². The first-order valence-corrected chi connectivity index (χ1v) is 9.75. The summed E-state index contributed by atoms with van der Waals surface area (Å²) in [7, 11) is 3.54. The molecule has 2 aromatic carbocycles. The number of ether oxygens (including phenoxy) is 1. The van der Waals surface area contributed by atoms with Gasteiger partial charge >= 0.3 is 0 Å². The molecule has 4 nitrogen and oxygen atoms in total. The van der Waals surface area contributed by atoms with Gasteiger partial charge in [-0.3, -0.25) is 9.69 Å². The van der Waals surface area contributed by atoms with Gasteiger partial charge in [0.05, 0.1) is 22.7 Å². The van der Waals surface area contributed by atoms with Gasteiger partial charge in [-0.25, -0.2) is 0 Å². The van der Waals surface area contributed by atoms with Crippen LogP contribution in [0.5, 0.6) is 5.75 Å². The third-order valence-electron chi connectivity index (χ3n) is 4.40. The minimum Gasteiger partial charge on any atom is -0.495 e. The predicted octanol–water partition coefficient (Wildman–Crippen LogP) is 5.25. The van der Waals surface area contributed by atoms with Gasteiger partial charge in [-0.1, -0.05) is 53.8 Å². The number of carbonyl (C=O) groups is 1. The third kappa shape index (κ3) is 3.14. The quantitative estimate of drug-likeness (QED) is 0.433. The number of thiocarbonyl (C=S) groups is 1. The van der Waals surface area contributed by atoms with Gasteiger partial charge in [0.25, 0.3) is 5.91 Å². The molecule has 136 valence electrons. The van der Waals surface area contributed by atoms with Gasteiger partial charge in [-0.2, -0.15) is 0 Å². The van der Waals surface area contributed by atoms with Gasteiger partial charge in [0, 0.05) is 29.7 Å². The first kappa shape index (κ1) is 18.1. The van der Waals surface area contributed by atoms with E-state index in [0.717, 1.165) is 16.5 Å². The largest absolute Gasteiger partial charge is 0.495 e. The number of fused-ring (bicyclic) bond motifs is 1. The zero-order valence-corrected chi connectivity index (χ0v) is 17.0. The fourth-order valence-electron chi connectivity index (χ4n) is 3.11. The number of rotatable bonds is 3. The minimum atomic E-state index is -0.154. The highest BCUT2D eigenvalue weighted by atomic mass is 35.5. The normalized spacial score (nSPS) is 16.0. The second kappa shape index (κ2) is 7.03. The molecule has 0 aliphatic carbocycles. The van der Waals surface area contributed by atoms with Gasteiger partial charge in [0.15, 0.2) is 4.32 Å². The summed E-state index contributed by atoms with van der Waals surface area (Å²) in [5.41, 5.74) is 2.73. The second-order valence-electron chi connectivity index (χ2n) is 6.05. The number of carbonyl (C=O) groups excluding carboxylic acids is 1. The molecule has 2 heterocycles. The number of hydrogen-bond acceptors (Lipinski definition) is 4. The van der Waals surface area contributed by atoms with Crippen molar-refractivity contribution in [2.45, 2.75) is 0 Å². The number of halogens is 1. The lowest BCUT2D eigenvalue weighted by molar-refractivity contribution is -0.113. The molecule has 7 heteroatoms. The van der Waals surface area contributed by atoms with E-state index < -0.39 is 0 Å². The van der Waals surface area contributed by atoms with E-state index in [0.29, 0.717) is 25.7 Å². The van der Waals surface area contributed by atoms with E-state index in [1.165, 1.54) is 16.7 Å². The Bertz CT molecular complexity index is 1120. The van der Waals surface area contributed by atoms with Gasteiger partial charge in [0.1, 0.15) is 5.75 Å². The van der Waals surface area contributed by atoms with Crippen LogP contribution in [0, 0.1) is 0 Å². The van der Waals surface area contributed by atoms with Crippen LogP contribution in [-0.4, -0.2) is 21.9 Å². The number of anilines is 1. The van der Waals surface area contributed by atoms with Gasteiger partial charge in [-0.05, 0) is 30.3 Å². The maximum absolute atomic E-state index is 13.0. The predicted molar refractivity (Wildman–Crippen MR) is 117 cm³/mol. The Morgan fingerprint density at radius 3 is 2.74 bits per heavy atom. The summed E-state index contributed by atoms with van der Waals surface area (Å²) < 4.78 is 7.70. The van der Waals surface area contributed by atoms with Crippen LogP contribution in [0.4, 0.5) is 5.69 Å². The summed E-state index contributed by atoms with van der Waals surface area (Å²) in [6.07, 6.45) is 3.91. The number of aromatic nitrogens is 1. The summed E-state index contributed by atoms with van der Waals surface area (Å²) in [5, 5.41) is 1.53. The van der Waals surface area contributed by atoms with Gasteiger partial charge in [0.2, 0.25) is 0 Å². The Kier molecular flexibility index (Phi) is 4.72. The number of aryl methyl sites for hydroxylation is 1. The number of amides is 1. The van der Waals surface area contributed by atoms with Crippen molar-refractivity contribution >= 4 is 68.5 Å². The lowest BCUT2D eigenvalue weighted by atomic mass is 10.1. The highest BCUT2D eigenvalue weighted by Gasteiger charge is 2.33. The van der Waals surface area contributed by atoms with Crippen molar-refractivity contribution in [3.05, 3.63) is 64.2 Å². The number of nitrogens with zero attached hydrogens (tertiary/aromatic N) is 2. The summed E-state index contributed by atoms with van der Waals surface area (Å²) in [6, 6.07) is 13.3. The van der Waals surface area contributed by atoms with Crippen LogP contribution in [0.1, 0.15) is 5.56 Å². The minimum absolute atomic E-state index is 0.154. The molecule has 1 aliphatic rings. The Morgan fingerprint density at radius 2 is 2.00 bits per heavy atom. The molecule has 0 atom stereocenters. The number of methoxy groups -OCH3 is 1. The molecule has 1 amide bonds. The topological polar surface area (TPSA) is 34.5 Å². The highest BCUT2D eigenvalue weighted by molar-refractivity contribution is 8.27. The molecule has 1 aliphatic heterocycles. The Morgan fingerprint density at radius 1 is 1.22 bits per heavy atom. The zero-order chi connectivity index (χ0) is 19.1.